The maximum Gasteiger partial charge on any atom is 0.344 e. The van der Waals surface area contributed by atoms with Crippen LogP contribution in [0.4, 0.5) is 0 Å². The van der Waals surface area contributed by atoms with Gasteiger partial charge in [0.05, 0.1) is 24.8 Å². The number of nitriles is 1. The van der Waals surface area contributed by atoms with Crippen molar-refractivity contribution in [1.29, 1.82) is 5.26 Å². The van der Waals surface area contributed by atoms with E-state index in [0.29, 0.717) is 30.3 Å². The Morgan fingerprint density at radius 3 is 2.61 bits per heavy atom. The lowest BCUT2D eigenvalue weighted by atomic mass is 10.2. The van der Waals surface area contributed by atoms with Gasteiger partial charge in [-0.3, -0.25) is 0 Å². The average molecular weight is 249 g/mol. The van der Waals surface area contributed by atoms with Crippen LogP contribution in [-0.4, -0.2) is 25.8 Å². The minimum Gasteiger partial charge on any atom is -0.490 e. The van der Waals surface area contributed by atoms with Gasteiger partial charge in [0.1, 0.15) is 0 Å². The molecule has 0 atom stereocenters. The molecule has 5 heteroatoms. The van der Waals surface area contributed by atoms with Crippen molar-refractivity contribution in [2.75, 3.05) is 19.8 Å². The molecule has 18 heavy (non-hydrogen) atoms. The molecule has 0 radical (unpaired) electrons. The Hall–Kier alpha value is -2.22. The molecule has 0 bridgehead atoms. The monoisotopic (exact) mass is 249 g/mol. The Kier molecular flexibility index (Phi) is 5.52. The average Bonchev–Trinajstić information content (AvgIpc) is 2.38. The van der Waals surface area contributed by atoms with Gasteiger partial charge in [0.25, 0.3) is 0 Å². The highest BCUT2D eigenvalue weighted by atomic mass is 16.6. The second-order valence-electron chi connectivity index (χ2n) is 3.30. The largest absolute Gasteiger partial charge is 0.490 e. The molecule has 0 heterocycles. The van der Waals surface area contributed by atoms with E-state index in [1.165, 1.54) is 0 Å². The van der Waals surface area contributed by atoms with Gasteiger partial charge in [0.2, 0.25) is 0 Å². The van der Waals surface area contributed by atoms with Gasteiger partial charge in [0.15, 0.2) is 18.1 Å². The minimum atomic E-state index is -0.440. The van der Waals surface area contributed by atoms with E-state index >= 15 is 0 Å². The number of carbonyl (C=O) groups excluding carboxylic acids is 1. The predicted molar refractivity (Wildman–Crippen MR) is 64.5 cm³/mol. The van der Waals surface area contributed by atoms with Crippen LogP contribution in [0.5, 0.6) is 11.5 Å². The lowest BCUT2D eigenvalue weighted by Crippen LogP contribution is -2.15. The van der Waals surface area contributed by atoms with Gasteiger partial charge in [0, 0.05) is 6.07 Å². The summed E-state index contributed by atoms with van der Waals surface area (Å²) in [6, 6.07) is 6.78. The van der Waals surface area contributed by atoms with Gasteiger partial charge in [-0.2, -0.15) is 5.26 Å². The highest BCUT2D eigenvalue weighted by molar-refractivity contribution is 5.71. The molecule has 0 amide bonds. The zero-order valence-electron chi connectivity index (χ0n) is 10.4. The maximum absolute atomic E-state index is 11.2. The third-order valence-corrected chi connectivity index (χ3v) is 2.02. The molecule has 0 aliphatic heterocycles. The number of rotatable bonds is 6. The van der Waals surface area contributed by atoms with Crippen LogP contribution in [0.2, 0.25) is 0 Å². The zero-order chi connectivity index (χ0) is 13.4. The van der Waals surface area contributed by atoms with Crippen LogP contribution < -0.4 is 9.47 Å². The summed E-state index contributed by atoms with van der Waals surface area (Å²) < 4.78 is 15.4. The molecule has 0 fully saturated rings. The Morgan fingerprint density at radius 2 is 2.00 bits per heavy atom. The van der Waals surface area contributed by atoms with Crippen LogP contribution in [-0.2, 0) is 9.53 Å². The van der Waals surface area contributed by atoms with Gasteiger partial charge in [-0.1, -0.05) is 0 Å². The maximum atomic E-state index is 11.2. The molecule has 0 saturated heterocycles. The van der Waals surface area contributed by atoms with Crippen molar-refractivity contribution in [1.82, 2.24) is 0 Å². The summed E-state index contributed by atoms with van der Waals surface area (Å²) in [5, 5.41) is 8.79. The van der Waals surface area contributed by atoms with E-state index in [9.17, 15) is 4.79 Å². The topological polar surface area (TPSA) is 68.5 Å². The zero-order valence-corrected chi connectivity index (χ0v) is 10.4. The second kappa shape index (κ2) is 7.17. The molecular formula is C13H15NO4. The summed E-state index contributed by atoms with van der Waals surface area (Å²) in [4.78, 5) is 11.2. The van der Waals surface area contributed by atoms with E-state index in [1.807, 2.05) is 13.0 Å². The fraction of sp³-hybridized carbons (Fsp3) is 0.385. The molecule has 1 rings (SSSR count). The molecular weight excluding hydrogens is 234 g/mol. The number of esters is 1. The van der Waals surface area contributed by atoms with Crippen molar-refractivity contribution in [3.63, 3.8) is 0 Å². The van der Waals surface area contributed by atoms with Crippen LogP contribution in [0.3, 0.4) is 0 Å². The molecule has 0 spiro atoms. The van der Waals surface area contributed by atoms with Crippen LogP contribution in [0.25, 0.3) is 0 Å². The number of carbonyl (C=O) groups is 1. The standard InChI is InChI=1S/C13H15NO4/c1-3-16-12-7-10(8-14)5-6-11(12)18-9-13(15)17-4-2/h5-7H,3-4,9H2,1-2H3. The SMILES string of the molecule is CCOC(=O)COc1ccc(C#N)cc1OCC. The molecule has 1 aromatic carbocycles. The van der Waals surface area contributed by atoms with E-state index in [2.05, 4.69) is 0 Å². The van der Waals surface area contributed by atoms with Gasteiger partial charge in [-0.15, -0.1) is 0 Å². The van der Waals surface area contributed by atoms with Gasteiger partial charge in [-0.05, 0) is 26.0 Å². The van der Waals surface area contributed by atoms with Crippen molar-refractivity contribution in [3.8, 4) is 17.6 Å². The fourth-order valence-electron chi connectivity index (χ4n) is 1.30. The Morgan fingerprint density at radius 1 is 1.22 bits per heavy atom. The third kappa shape index (κ3) is 3.98. The van der Waals surface area contributed by atoms with Crippen LogP contribution in [0.1, 0.15) is 19.4 Å². The molecule has 0 saturated carbocycles. The van der Waals surface area contributed by atoms with Crippen molar-refractivity contribution < 1.29 is 19.0 Å². The number of ether oxygens (including phenoxy) is 3. The van der Waals surface area contributed by atoms with Crippen LogP contribution >= 0.6 is 0 Å². The second-order valence-corrected chi connectivity index (χ2v) is 3.30. The third-order valence-electron chi connectivity index (χ3n) is 2.02. The predicted octanol–water partition coefficient (Wildman–Crippen LogP) is 1.90. The number of hydrogen-bond donors (Lipinski definition) is 0. The van der Waals surface area contributed by atoms with Crippen LogP contribution in [0.15, 0.2) is 18.2 Å². The summed E-state index contributed by atoms with van der Waals surface area (Å²) in [7, 11) is 0. The summed E-state index contributed by atoms with van der Waals surface area (Å²) >= 11 is 0. The first-order valence-corrected chi connectivity index (χ1v) is 5.66. The Balaban J connectivity index is 2.75. The summed E-state index contributed by atoms with van der Waals surface area (Å²) in [6.07, 6.45) is 0. The van der Waals surface area contributed by atoms with Gasteiger partial charge < -0.3 is 14.2 Å². The first-order chi connectivity index (χ1) is 8.71. The smallest absolute Gasteiger partial charge is 0.344 e. The number of benzene rings is 1. The molecule has 0 aliphatic carbocycles. The number of nitrogens with zero attached hydrogens (tertiary/aromatic N) is 1. The summed E-state index contributed by atoms with van der Waals surface area (Å²) in [6.45, 7) is 4.14. The molecule has 0 aliphatic rings. The van der Waals surface area contributed by atoms with E-state index in [-0.39, 0.29) is 6.61 Å². The first-order valence-electron chi connectivity index (χ1n) is 5.66. The molecule has 5 nitrogen and oxygen atoms in total. The highest BCUT2D eigenvalue weighted by Gasteiger charge is 2.09. The Labute approximate surface area is 106 Å². The fourth-order valence-corrected chi connectivity index (χ4v) is 1.30. The quantitative estimate of drug-likeness (QED) is 0.720. The van der Waals surface area contributed by atoms with Crippen molar-refractivity contribution in [2.24, 2.45) is 0 Å². The van der Waals surface area contributed by atoms with Gasteiger partial charge >= 0.3 is 5.97 Å². The molecule has 96 valence electrons. The minimum absolute atomic E-state index is 0.181. The van der Waals surface area contributed by atoms with Gasteiger partial charge in [-0.25, -0.2) is 4.79 Å². The normalized spacial score (nSPS) is 9.39. The summed E-state index contributed by atoms with van der Waals surface area (Å²) in [5.41, 5.74) is 0.474. The lowest BCUT2D eigenvalue weighted by Gasteiger charge is -2.11. The molecule has 0 aromatic heterocycles. The Bertz CT molecular complexity index is 451. The highest BCUT2D eigenvalue weighted by Crippen LogP contribution is 2.28. The van der Waals surface area contributed by atoms with E-state index in [4.69, 9.17) is 19.5 Å². The lowest BCUT2D eigenvalue weighted by molar-refractivity contribution is -0.145. The van der Waals surface area contributed by atoms with E-state index in [0.717, 1.165) is 0 Å². The van der Waals surface area contributed by atoms with E-state index < -0.39 is 5.97 Å². The van der Waals surface area contributed by atoms with Crippen molar-refractivity contribution in [2.45, 2.75) is 13.8 Å². The van der Waals surface area contributed by atoms with E-state index in [1.54, 1.807) is 25.1 Å². The summed E-state index contributed by atoms with van der Waals surface area (Å²) in [5.74, 6) is 0.425. The van der Waals surface area contributed by atoms with Crippen LogP contribution in [0, 0.1) is 11.3 Å². The first kappa shape index (κ1) is 13.8. The molecule has 0 unspecified atom stereocenters. The molecule has 0 N–H and O–H groups in total. The number of hydrogen-bond acceptors (Lipinski definition) is 5. The van der Waals surface area contributed by atoms with Crippen molar-refractivity contribution >= 4 is 5.97 Å². The molecule has 1 aromatic rings. The van der Waals surface area contributed by atoms with Crippen molar-refractivity contribution in [3.05, 3.63) is 23.8 Å².